The van der Waals surface area contributed by atoms with E-state index < -0.39 is 0 Å². The number of benzene rings is 1. The van der Waals surface area contributed by atoms with Gasteiger partial charge in [-0.15, -0.1) is 0 Å². The van der Waals surface area contributed by atoms with Crippen LogP contribution in [0.1, 0.15) is 49.8 Å². The Balaban J connectivity index is 2.11. The summed E-state index contributed by atoms with van der Waals surface area (Å²) >= 11 is 0. The highest BCUT2D eigenvalue weighted by Crippen LogP contribution is 2.23. The summed E-state index contributed by atoms with van der Waals surface area (Å²) in [6, 6.07) is 12.8. The Bertz CT molecular complexity index is 513. The molecular weight excluding hydrogens is 222 g/mol. The first-order valence-electron chi connectivity index (χ1n) is 6.49. The Morgan fingerprint density at radius 2 is 1.83 bits per heavy atom. The fraction of sp³-hybridized carbons (Fsp3) is 0.375. The van der Waals surface area contributed by atoms with Gasteiger partial charge in [0.25, 0.3) is 0 Å². The van der Waals surface area contributed by atoms with Crippen molar-refractivity contribution in [3.05, 3.63) is 53.5 Å². The standard InChI is InChI=1S/C16H21NO/c1-11(2)14-6-5-7-15(10-14)17-13(4)16-9-8-12(3)18-16/h5-11,13,17H,1-4H3. The zero-order chi connectivity index (χ0) is 13.1. The Morgan fingerprint density at radius 3 is 2.44 bits per heavy atom. The monoisotopic (exact) mass is 243 g/mol. The number of aryl methyl sites for hydroxylation is 1. The molecule has 1 N–H and O–H groups in total. The van der Waals surface area contributed by atoms with E-state index >= 15 is 0 Å². The Labute approximate surface area is 109 Å². The lowest BCUT2D eigenvalue weighted by atomic mass is 10.0. The maximum Gasteiger partial charge on any atom is 0.126 e. The van der Waals surface area contributed by atoms with Gasteiger partial charge in [0.15, 0.2) is 0 Å². The summed E-state index contributed by atoms with van der Waals surface area (Å²) in [5.41, 5.74) is 2.49. The fourth-order valence-corrected chi connectivity index (χ4v) is 1.99. The average molecular weight is 243 g/mol. The van der Waals surface area contributed by atoms with E-state index in [0.29, 0.717) is 5.92 Å². The lowest BCUT2D eigenvalue weighted by Crippen LogP contribution is -2.05. The number of hydrogen-bond acceptors (Lipinski definition) is 2. The van der Waals surface area contributed by atoms with Crippen LogP contribution in [0.4, 0.5) is 5.69 Å². The minimum atomic E-state index is 0.182. The molecule has 1 aromatic heterocycles. The van der Waals surface area contributed by atoms with Gasteiger partial charge in [0.2, 0.25) is 0 Å². The molecule has 0 amide bonds. The first kappa shape index (κ1) is 12.7. The van der Waals surface area contributed by atoms with Gasteiger partial charge in [-0.1, -0.05) is 26.0 Å². The maximum absolute atomic E-state index is 5.63. The van der Waals surface area contributed by atoms with E-state index in [4.69, 9.17) is 4.42 Å². The van der Waals surface area contributed by atoms with Crippen LogP contribution in [-0.2, 0) is 0 Å². The highest BCUT2D eigenvalue weighted by Gasteiger charge is 2.09. The molecule has 1 heterocycles. The molecule has 0 bridgehead atoms. The van der Waals surface area contributed by atoms with Crippen molar-refractivity contribution in [1.82, 2.24) is 0 Å². The molecule has 2 heteroatoms. The van der Waals surface area contributed by atoms with E-state index in [0.717, 1.165) is 17.2 Å². The molecule has 2 nitrogen and oxygen atoms in total. The molecule has 0 aliphatic heterocycles. The molecule has 0 saturated heterocycles. The van der Waals surface area contributed by atoms with Crippen molar-refractivity contribution in [2.45, 2.75) is 39.7 Å². The Morgan fingerprint density at radius 1 is 1.06 bits per heavy atom. The van der Waals surface area contributed by atoms with Crippen LogP contribution in [0.15, 0.2) is 40.8 Å². The van der Waals surface area contributed by atoms with Gasteiger partial charge in [-0.25, -0.2) is 0 Å². The minimum absolute atomic E-state index is 0.182. The molecule has 0 fully saturated rings. The van der Waals surface area contributed by atoms with Crippen molar-refractivity contribution < 1.29 is 4.42 Å². The molecule has 18 heavy (non-hydrogen) atoms. The fourth-order valence-electron chi connectivity index (χ4n) is 1.99. The lowest BCUT2D eigenvalue weighted by Gasteiger charge is -2.15. The van der Waals surface area contributed by atoms with Crippen LogP contribution in [0, 0.1) is 6.92 Å². The summed E-state index contributed by atoms with van der Waals surface area (Å²) in [5.74, 6) is 2.48. The predicted molar refractivity (Wildman–Crippen MR) is 76.0 cm³/mol. The molecule has 2 aromatic rings. The van der Waals surface area contributed by atoms with Crippen LogP contribution in [0.5, 0.6) is 0 Å². The molecule has 0 radical (unpaired) electrons. The van der Waals surface area contributed by atoms with Crippen LogP contribution in [-0.4, -0.2) is 0 Å². The normalized spacial score (nSPS) is 12.7. The van der Waals surface area contributed by atoms with Crippen LogP contribution >= 0.6 is 0 Å². The molecule has 2 rings (SSSR count). The molecular formula is C16H21NO. The van der Waals surface area contributed by atoms with Gasteiger partial charge in [0.05, 0.1) is 6.04 Å². The molecule has 1 atom stereocenters. The van der Waals surface area contributed by atoms with E-state index in [2.05, 4.69) is 50.4 Å². The van der Waals surface area contributed by atoms with Gasteiger partial charge in [0.1, 0.15) is 11.5 Å². The number of furan rings is 1. The maximum atomic E-state index is 5.63. The zero-order valence-electron chi connectivity index (χ0n) is 11.5. The van der Waals surface area contributed by atoms with Crippen molar-refractivity contribution in [1.29, 1.82) is 0 Å². The summed E-state index contributed by atoms with van der Waals surface area (Å²) in [5, 5.41) is 3.47. The van der Waals surface area contributed by atoms with Crippen molar-refractivity contribution in [2.75, 3.05) is 5.32 Å². The van der Waals surface area contributed by atoms with E-state index in [1.165, 1.54) is 5.56 Å². The second-order valence-corrected chi connectivity index (χ2v) is 5.09. The second-order valence-electron chi connectivity index (χ2n) is 5.09. The van der Waals surface area contributed by atoms with Gasteiger partial charge < -0.3 is 9.73 Å². The summed E-state index contributed by atoms with van der Waals surface area (Å²) < 4.78 is 5.63. The molecule has 0 aliphatic rings. The molecule has 96 valence electrons. The van der Waals surface area contributed by atoms with Crippen LogP contribution in [0.3, 0.4) is 0 Å². The highest BCUT2D eigenvalue weighted by atomic mass is 16.3. The predicted octanol–water partition coefficient (Wildman–Crippen LogP) is 4.88. The quantitative estimate of drug-likeness (QED) is 0.827. The van der Waals surface area contributed by atoms with Gasteiger partial charge in [-0.2, -0.15) is 0 Å². The zero-order valence-corrected chi connectivity index (χ0v) is 11.5. The smallest absolute Gasteiger partial charge is 0.126 e. The van der Waals surface area contributed by atoms with E-state index in [-0.39, 0.29) is 6.04 Å². The third-order valence-electron chi connectivity index (χ3n) is 3.12. The van der Waals surface area contributed by atoms with Crippen LogP contribution < -0.4 is 5.32 Å². The number of hydrogen-bond donors (Lipinski definition) is 1. The Kier molecular flexibility index (Phi) is 3.75. The van der Waals surface area contributed by atoms with Gasteiger partial charge in [-0.05, 0) is 49.6 Å². The van der Waals surface area contributed by atoms with Gasteiger partial charge >= 0.3 is 0 Å². The first-order valence-corrected chi connectivity index (χ1v) is 6.49. The van der Waals surface area contributed by atoms with Crippen molar-refractivity contribution in [2.24, 2.45) is 0 Å². The third-order valence-corrected chi connectivity index (χ3v) is 3.12. The van der Waals surface area contributed by atoms with E-state index in [1.54, 1.807) is 0 Å². The molecule has 0 saturated carbocycles. The Hall–Kier alpha value is -1.70. The first-order chi connectivity index (χ1) is 8.56. The van der Waals surface area contributed by atoms with Crippen molar-refractivity contribution in [3.8, 4) is 0 Å². The number of nitrogens with one attached hydrogen (secondary N) is 1. The number of anilines is 1. The third kappa shape index (κ3) is 2.95. The second kappa shape index (κ2) is 5.30. The molecule has 1 unspecified atom stereocenters. The minimum Gasteiger partial charge on any atom is -0.464 e. The van der Waals surface area contributed by atoms with E-state index in [1.807, 2.05) is 19.1 Å². The van der Waals surface area contributed by atoms with Gasteiger partial charge in [0, 0.05) is 5.69 Å². The summed E-state index contributed by atoms with van der Waals surface area (Å²) in [6.07, 6.45) is 0. The van der Waals surface area contributed by atoms with Gasteiger partial charge in [-0.3, -0.25) is 0 Å². The summed E-state index contributed by atoms with van der Waals surface area (Å²) in [4.78, 5) is 0. The lowest BCUT2D eigenvalue weighted by molar-refractivity contribution is 0.467. The summed E-state index contributed by atoms with van der Waals surface area (Å²) in [6.45, 7) is 8.49. The van der Waals surface area contributed by atoms with Crippen molar-refractivity contribution >= 4 is 5.69 Å². The highest BCUT2D eigenvalue weighted by molar-refractivity contribution is 5.47. The van der Waals surface area contributed by atoms with E-state index in [9.17, 15) is 0 Å². The van der Waals surface area contributed by atoms with Crippen LogP contribution in [0.25, 0.3) is 0 Å². The van der Waals surface area contributed by atoms with Crippen molar-refractivity contribution in [3.63, 3.8) is 0 Å². The molecule has 0 spiro atoms. The van der Waals surface area contributed by atoms with Crippen LogP contribution in [0.2, 0.25) is 0 Å². The average Bonchev–Trinajstić information content (AvgIpc) is 2.76. The topological polar surface area (TPSA) is 25.2 Å². The molecule has 0 aliphatic carbocycles. The SMILES string of the molecule is Cc1ccc(C(C)Nc2cccc(C(C)C)c2)o1. The molecule has 1 aromatic carbocycles. The largest absolute Gasteiger partial charge is 0.464 e. The number of rotatable bonds is 4. The summed E-state index contributed by atoms with van der Waals surface area (Å²) in [7, 11) is 0.